The van der Waals surface area contributed by atoms with Crippen LogP contribution in [0.15, 0.2) is 41.2 Å². The summed E-state index contributed by atoms with van der Waals surface area (Å²) in [4.78, 5) is 24.5. The van der Waals surface area contributed by atoms with Gasteiger partial charge < -0.3 is 9.88 Å². The van der Waals surface area contributed by atoms with Crippen LogP contribution in [0.1, 0.15) is 41.6 Å². The van der Waals surface area contributed by atoms with Gasteiger partial charge in [0, 0.05) is 12.2 Å². The molecule has 1 atom stereocenters. The second kappa shape index (κ2) is 8.29. The highest BCUT2D eigenvalue weighted by molar-refractivity contribution is 5.75. The van der Waals surface area contributed by atoms with E-state index >= 15 is 0 Å². The first kappa shape index (κ1) is 18.5. The third-order valence-electron chi connectivity index (χ3n) is 4.39. The summed E-state index contributed by atoms with van der Waals surface area (Å²) in [5.74, 6) is 0.119. The van der Waals surface area contributed by atoms with Crippen LogP contribution in [0.4, 0.5) is 0 Å². The molecule has 0 aliphatic heterocycles. The Bertz CT molecular complexity index is 848. The summed E-state index contributed by atoms with van der Waals surface area (Å²) in [5.41, 5.74) is 2.23. The number of hydrogen-bond donors (Lipinski definition) is 1. The van der Waals surface area contributed by atoms with E-state index in [9.17, 15) is 9.59 Å². The summed E-state index contributed by atoms with van der Waals surface area (Å²) >= 11 is 0. The third-order valence-corrected chi connectivity index (χ3v) is 4.39. The molecule has 130 valence electrons. The lowest BCUT2D eigenvalue weighted by molar-refractivity contribution is -0.121. The number of benzene rings is 1. The lowest BCUT2D eigenvalue weighted by Gasteiger charge is -2.14. The number of nitrogens with one attached hydrogen (secondary N) is 1. The van der Waals surface area contributed by atoms with Crippen LogP contribution in [0.3, 0.4) is 0 Å². The van der Waals surface area contributed by atoms with Crippen LogP contribution in [0.5, 0.6) is 0 Å². The Hall–Kier alpha value is -2.87. The normalized spacial score (nSPS) is 11.6. The number of aryl methyl sites for hydroxylation is 2. The second-order valence-corrected chi connectivity index (χ2v) is 6.30. The molecule has 1 aromatic carbocycles. The number of carbonyl (C=O) groups is 1. The zero-order valence-corrected chi connectivity index (χ0v) is 14.9. The molecule has 25 heavy (non-hydrogen) atoms. The highest BCUT2D eigenvalue weighted by Gasteiger charge is 2.13. The van der Waals surface area contributed by atoms with Gasteiger partial charge in [-0.2, -0.15) is 5.26 Å². The SMILES string of the molecule is Cc1cc(C)n(CC(=O)NCC[C@H](C)c2ccccc2)c(=O)c1C#N. The van der Waals surface area contributed by atoms with Crippen LogP contribution in [0.2, 0.25) is 0 Å². The lowest BCUT2D eigenvalue weighted by atomic mass is 9.98. The molecule has 5 nitrogen and oxygen atoms in total. The Kier molecular flexibility index (Phi) is 6.13. The van der Waals surface area contributed by atoms with Crippen LogP contribution in [-0.2, 0) is 11.3 Å². The summed E-state index contributed by atoms with van der Waals surface area (Å²) in [6, 6.07) is 13.8. The number of amides is 1. The van der Waals surface area contributed by atoms with Crippen LogP contribution in [-0.4, -0.2) is 17.0 Å². The fraction of sp³-hybridized carbons (Fsp3) is 0.350. The van der Waals surface area contributed by atoms with E-state index < -0.39 is 5.56 Å². The molecule has 0 saturated carbocycles. The minimum Gasteiger partial charge on any atom is -0.355 e. The Labute approximate surface area is 147 Å². The second-order valence-electron chi connectivity index (χ2n) is 6.30. The number of pyridine rings is 1. The Morgan fingerprint density at radius 2 is 1.96 bits per heavy atom. The van der Waals surface area contributed by atoms with E-state index in [1.807, 2.05) is 24.3 Å². The molecule has 0 unspecified atom stereocenters. The predicted molar refractivity (Wildman–Crippen MR) is 97.4 cm³/mol. The number of hydrogen-bond acceptors (Lipinski definition) is 3. The molecule has 2 aromatic rings. The van der Waals surface area contributed by atoms with Crippen molar-refractivity contribution in [1.82, 2.24) is 9.88 Å². The molecule has 1 amide bonds. The summed E-state index contributed by atoms with van der Waals surface area (Å²) in [6.07, 6.45) is 0.820. The molecule has 1 aromatic heterocycles. The van der Waals surface area contributed by atoms with Crippen molar-refractivity contribution in [2.45, 2.75) is 39.7 Å². The van der Waals surface area contributed by atoms with E-state index in [0.29, 0.717) is 23.7 Å². The highest BCUT2D eigenvalue weighted by Crippen LogP contribution is 2.17. The first-order valence-corrected chi connectivity index (χ1v) is 8.36. The standard InChI is InChI=1S/C20H23N3O2/c1-14(17-7-5-4-6-8-17)9-10-22-19(24)13-23-16(3)11-15(2)18(12-21)20(23)25/h4-8,11,14H,9-10,13H2,1-3H3,(H,22,24)/t14-/m0/s1. The molecule has 0 fully saturated rings. The average molecular weight is 337 g/mol. The topological polar surface area (TPSA) is 74.9 Å². The van der Waals surface area contributed by atoms with Crippen molar-refractivity contribution in [2.24, 2.45) is 0 Å². The minimum absolute atomic E-state index is 0.0701. The first-order chi connectivity index (χ1) is 11.9. The van der Waals surface area contributed by atoms with Gasteiger partial charge in [0.15, 0.2) is 0 Å². The van der Waals surface area contributed by atoms with Gasteiger partial charge in [-0.05, 0) is 43.4 Å². The number of nitrogens with zero attached hydrogens (tertiary/aromatic N) is 2. The fourth-order valence-electron chi connectivity index (χ4n) is 2.84. The van der Waals surface area contributed by atoms with Gasteiger partial charge in [-0.3, -0.25) is 9.59 Å². The Morgan fingerprint density at radius 3 is 2.60 bits per heavy atom. The monoisotopic (exact) mass is 337 g/mol. The first-order valence-electron chi connectivity index (χ1n) is 8.36. The largest absolute Gasteiger partial charge is 0.355 e. The third kappa shape index (κ3) is 4.57. The van der Waals surface area contributed by atoms with E-state index in [4.69, 9.17) is 5.26 Å². The zero-order valence-electron chi connectivity index (χ0n) is 14.9. The quantitative estimate of drug-likeness (QED) is 0.880. The fourth-order valence-corrected chi connectivity index (χ4v) is 2.84. The maximum absolute atomic E-state index is 12.3. The molecule has 0 aliphatic carbocycles. The maximum Gasteiger partial charge on any atom is 0.269 e. The van der Waals surface area contributed by atoms with Gasteiger partial charge in [0.25, 0.3) is 5.56 Å². The van der Waals surface area contributed by atoms with Crippen LogP contribution < -0.4 is 10.9 Å². The van der Waals surface area contributed by atoms with E-state index in [1.54, 1.807) is 19.9 Å². The molecule has 1 heterocycles. The van der Waals surface area contributed by atoms with Gasteiger partial charge in [0.1, 0.15) is 18.2 Å². The van der Waals surface area contributed by atoms with Crippen molar-refractivity contribution in [3.05, 3.63) is 69.1 Å². The van der Waals surface area contributed by atoms with Gasteiger partial charge in [0.2, 0.25) is 5.91 Å². The molecule has 2 rings (SSSR count). The minimum atomic E-state index is -0.409. The molecule has 0 bridgehead atoms. The molecule has 0 radical (unpaired) electrons. The predicted octanol–water partition coefficient (Wildman–Crippen LogP) is 2.65. The summed E-state index contributed by atoms with van der Waals surface area (Å²) in [6.45, 7) is 6.08. The van der Waals surface area contributed by atoms with E-state index in [1.165, 1.54) is 10.1 Å². The Morgan fingerprint density at radius 1 is 1.28 bits per heavy atom. The molecule has 5 heteroatoms. The zero-order chi connectivity index (χ0) is 18.4. The maximum atomic E-state index is 12.3. The average Bonchev–Trinajstić information content (AvgIpc) is 2.59. The van der Waals surface area contributed by atoms with Crippen molar-refractivity contribution >= 4 is 5.91 Å². The molecule has 0 aliphatic rings. The van der Waals surface area contributed by atoms with Crippen molar-refractivity contribution in [1.29, 1.82) is 5.26 Å². The smallest absolute Gasteiger partial charge is 0.269 e. The van der Waals surface area contributed by atoms with Crippen molar-refractivity contribution in [2.75, 3.05) is 6.54 Å². The molecular weight excluding hydrogens is 314 g/mol. The summed E-state index contributed by atoms with van der Waals surface area (Å²) in [5, 5.41) is 12.0. The van der Waals surface area contributed by atoms with Gasteiger partial charge in [0.05, 0.1) is 0 Å². The van der Waals surface area contributed by atoms with Gasteiger partial charge in [-0.1, -0.05) is 37.3 Å². The molecule has 0 saturated heterocycles. The van der Waals surface area contributed by atoms with Gasteiger partial charge in [-0.15, -0.1) is 0 Å². The van der Waals surface area contributed by atoms with Gasteiger partial charge in [-0.25, -0.2) is 0 Å². The molecule has 1 N–H and O–H groups in total. The van der Waals surface area contributed by atoms with E-state index in [2.05, 4.69) is 24.4 Å². The van der Waals surface area contributed by atoms with Crippen LogP contribution in [0.25, 0.3) is 0 Å². The van der Waals surface area contributed by atoms with Crippen molar-refractivity contribution < 1.29 is 4.79 Å². The van der Waals surface area contributed by atoms with Gasteiger partial charge >= 0.3 is 0 Å². The summed E-state index contributed by atoms with van der Waals surface area (Å²) < 4.78 is 1.35. The van der Waals surface area contributed by atoms with E-state index in [0.717, 1.165) is 6.42 Å². The number of rotatable bonds is 6. The number of aromatic nitrogens is 1. The van der Waals surface area contributed by atoms with Crippen molar-refractivity contribution in [3.8, 4) is 6.07 Å². The highest BCUT2D eigenvalue weighted by atomic mass is 16.2. The van der Waals surface area contributed by atoms with Crippen LogP contribution in [0, 0.1) is 25.2 Å². The molecule has 0 spiro atoms. The van der Waals surface area contributed by atoms with E-state index in [-0.39, 0.29) is 18.0 Å². The number of carbonyl (C=O) groups excluding carboxylic acids is 1. The lowest BCUT2D eigenvalue weighted by Crippen LogP contribution is -2.35. The number of nitriles is 1. The Balaban J connectivity index is 1.95. The molecular formula is C20H23N3O2. The van der Waals surface area contributed by atoms with Crippen LogP contribution >= 0.6 is 0 Å². The van der Waals surface area contributed by atoms with Crippen molar-refractivity contribution in [3.63, 3.8) is 0 Å². The summed E-state index contributed by atoms with van der Waals surface area (Å²) in [7, 11) is 0.